The number of carbonyl (C=O) groups is 3. The van der Waals surface area contributed by atoms with Gasteiger partial charge in [0.25, 0.3) is 11.8 Å². The van der Waals surface area contributed by atoms with Gasteiger partial charge in [0.1, 0.15) is 6.42 Å². The Morgan fingerprint density at radius 3 is 2.82 bits per heavy atom. The molecule has 0 bridgehead atoms. The summed E-state index contributed by atoms with van der Waals surface area (Å²) >= 11 is 0. The molecule has 2 rings (SSSR count). The van der Waals surface area contributed by atoms with Gasteiger partial charge >= 0.3 is 0 Å². The molecule has 0 atom stereocenters. The summed E-state index contributed by atoms with van der Waals surface area (Å²) in [6.45, 7) is 0. The third-order valence-corrected chi connectivity index (χ3v) is 2.28. The van der Waals surface area contributed by atoms with E-state index in [0.717, 1.165) is 0 Å². The van der Waals surface area contributed by atoms with E-state index in [0.29, 0.717) is 0 Å². The number of hydrogen-bond donors (Lipinski definition) is 2. The van der Waals surface area contributed by atoms with Gasteiger partial charge in [-0.25, -0.2) is 0 Å². The van der Waals surface area contributed by atoms with E-state index >= 15 is 0 Å². The quantitative estimate of drug-likeness (QED) is 0.718. The fraction of sp³-hybridized carbons (Fsp3) is 0.0909. The van der Waals surface area contributed by atoms with Gasteiger partial charge in [0.05, 0.1) is 22.9 Å². The van der Waals surface area contributed by atoms with Gasteiger partial charge in [0, 0.05) is 0 Å². The van der Waals surface area contributed by atoms with E-state index in [1.165, 1.54) is 12.1 Å². The predicted octanol–water partition coefficient (Wildman–Crippen LogP) is 0.422. The summed E-state index contributed by atoms with van der Waals surface area (Å²) in [6.07, 6.45) is -0.306. The van der Waals surface area contributed by atoms with Gasteiger partial charge in [-0.05, 0) is 12.1 Å². The number of amides is 3. The molecule has 1 aliphatic heterocycles. The maximum Gasteiger partial charge on any atom is 0.261 e. The van der Waals surface area contributed by atoms with Crippen LogP contribution in [0.1, 0.15) is 27.1 Å². The number of benzene rings is 1. The fourth-order valence-corrected chi connectivity index (χ4v) is 1.59. The van der Waals surface area contributed by atoms with Crippen molar-refractivity contribution in [3.63, 3.8) is 0 Å². The van der Waals surface area contributed by atoms with E-state index in [1.807, 2.05) is 0 Å². The average Bonchev–Trinajstić information content (AvgIpc) is 2.56. The maximum absolute atomic E-state index is 11.5. The molecule has 1 aliphatic rings. The molecule has 0 aromatic heterocycles. The van der Waals surface area contributed by atoms with Gasteiger partial charge in [-0.2, -0.15) is 5.26 Å². The van der Waals surface area contributed by atoms with Crippen LogP contribution >= 0.6 is 0 Å². The largest absolute Gasteiger partial charge is 0.324 e. The summed E-state index contributed by atoms with van der Waals surface area (Å²) < 4.78 is 0. The molecule has 6 nitrogen and oxygen atoms in total. The number of rotatable bonds is 2. The lowest BCUT2D eigenvalue weighted by molar-refractivity contribution is -0.115. The molecule has 2 N–H and O–H groups in total. The van der Waals surface area contributed by atoms with Gasteiger partial charge in [-0.3, -0.25) is 19.7 Å². The molecule has 0 saturated carbocycles. The molecule has 0 unspecified atom stereocenters. The zero-order valence-electron chi connectivity index (χ0n) is 8.61. The first-order chi connectivity index (χ1) is 8.13. The molecule has 84 valence electrons. The summed E-state index contributed by atoms with van der Waals surface area (Å²) in [6, 6.07) is 6.25. The molecule has 1 aromatic carbocycles. The highest BCUT2D eigenvalue weighted by Gasteiger charge is 2.29. The standard InChI is InChI=1S/C11H7N3O3/c12-5-4-8(15)13-7-3-1-2-6-9(7)11(17)14-10(6)16/h1-3H,4H2,(H,13,15)(H,14,16,17). The van der Waals surface area contributed by atoms with Crippen molar-refractivity contribution in [2.75, 3.05) is 5.32 Å². The van der Waals surface area contributed by atoms with Crippen LogP contribution in [-0.4, -0.2) is 17.7 Å². The van der Waals surface area contributed by atoms with Crippen LogP contribution in [0.2, 0.25) is 0 Å². The Morgan fingerprint density at radius 2 is 2.12 bits per heavy atom. The van der Waals surface area contributed by atoms with E-state index in [4.69, 9.17) is 5.26 Å². The van der Waals surface area contributed by atoms with Crippen molar-refractivity contribution >= 4 is 23.4 Å². The van der Waals surface area contributed by atoms with Crippen LogP contribution in [0.3, 0.4) is 0 Å². The topological polar surface area (TPSA) is 99.1 Å². The van der Waals surface area contributed by atoms with Gasteiger partial charge in [-0.1, -0.05) is 6.07 Å². The first-order valence-corrected chi connectivity index (χ1v) is 4.79. The second-order valence-electron chi connectivity index (χ2n) is 3.39. The number of hydrogen-bond acceptors (Lipinski definition) is 4. The molecule has 3 amide bonds. The van der Waals surface area contributed by atoms with Crippen LogP contribution in [0.4, 0.5) is 5.69 Å². The minimum Gasteiger partial charge on any atom is -0.324 e. The molecule has 0 fully saturated rings. The fourth-order valence-electron chi connectivity index (χ4n) is 1.59. The van der Waals surface area contributed by atoms with E-state index in [2.05, 4.69) is 10.6 Å². The minimum atomic E-state index is -0.544. The summed E-state index contributed by atoms with van der Waals surface area (Å²) in [5.74, 6) is -1.55. The molecule has 17 heavy (non-hydrogen) atoms. The number of nitrogens with one attached hydrogen (secondary N) is 2. The highest BCUT2D eigenvalue weighted by molar-refractivity contribution is 6.24. The number of anilines is 1. The molecule has 0 aliphatic carbocycles. The summed E-state index contributed by atoms with van der Waals surface area (Å²) in [7, 11) is 0. The normalized spacial score (nSPS) is 12.6. The second kappa shape index (κ2) is 4.06. The second-order valence-corrected chi connectivity index (χ2v) is 3.39. The first-order valence-electron chi connectivity index (χ1n) is 4.79. The molecule has 1 aromatic rings. The minimum absolute atomic E-state index is 0.142. The van der Waals surface area contributed by atoms with Crippen LogP contribution in [0.25, 0.3) is 0 Å². The predicted molar refractivity (Wildman–Crippen MR) is 57.1 cm³/mol. The van der Waals surface area contributed by atoms with E-state index in [9.17, 15) is 14.4 Å². The molecule has 0 saturated heterocycles. The lowest BCUT2D eigenvalue weighted by atomic mass is 10.1. The highest BCUT2D eigenvalue weighted by atomic mass is 16.2. The summed E-state index contributed by atoms with van der Waals surface area (Å²) in [4.78, 5) is 34.1. The van der Waals surface area contributed by atoms with Crippen molar-refractivity contribution in [3.05, 3.63) is 29.3 Å². The van der Waals surface area contributed by atoms with Crippen molar-refractivity contribution in [1.82, 2.24) is 5.32 Å². The Kier molecular flexibility index (Phi) is 2.58. The summed E-state index contributed by atoms with van der Waals surface area (Å²) in [5, 5.41) is 12.9. The van der Waals surface area contributed by atoms with Crippen molar-refractivity contribution in [2.45, 2.75) is 6.42 Å². The first kappa shape index (κ1) is 10.8. The Bertz CT molecular complexity index is 572. The third kappa shape index (κ3) is 1.86. The van der Waals surface area contributed by atoms with Crippen molar-refractivity contribution < 1.29 is 14.4 Å². The zero-order chi connectivity index (χ0) is 12.4. The lowest BCUT2D eigenvalue weighted by Crippen LogP contribution is -2.20. The van der Waals surface area contributed by atoms with Crippen LogP contribution in [0.5, 0.6) is 0 Å². The molecule has 1 heterocycles. The average molecular weight is 229 g/mol. The van der Waals surface area contributed by atoms with E-state index in [1.54, 1.807) is 12.1 Å². The van der Waals surface area contributed by atoms with E-state index in [-0.39, 0.29) is 23.2 Å². The number of fused-ring (bicyclic) bond motifs is 1. The summed E-state index contributed by atoms with van der Waals surface area (Å²) in [5.41, 5.74) is 0.611. The molecular weight excluding hydrogens is 222 g/mol. The van der Waals surface area contributed by atoms with Crippen LogP contribution in [0.15, 0.2) is 18.2 Å². The number of nitriles is 1. The van der Waals surface area contributed by atoms with Gasteiger partial charge in [0.2, 0.25) is 5.91 Å². The lowest BCUT2D eigenvalue weighted by Gasteiger charge is -2.05. The third-order valence-electron chi connectivity index (χ3n) is 2.28. The Morgan fingerprint density at radius 1 is 1.35 bits per heavy atom. The highest BCUT2D eigenvalue weighted by Crippen LogP contribution is 2.24. The maximum atomic E-state index is 11.5. The zero-order valence-corrected chi connectivity index (χ0v) is 8.61. The molecular formula is C11H7N3O3. The van der Waals surface area contributed by atoms with Crippen LogP contribution in [-0.2, 0) is 4.79 Å². The number of nitrogens with zero attached hydrogens (tertiary/aromatic N) is 1. The molecule has 0 spiro atoms. The smallest absolute Gasteiger partial charge is 0.261 e. The molecule has 0 radical (unpaired) electrons. The van der Waals surface area contributed by atoms with Crippen molar-refractivity contribution in [1.29, 1.82) is 5.26 Å². The van der Waals surface area contributed by atoms with Crippen molar-refractivity contribution in [2.24, 2.45) is 0 Å². The van der Waals surface area contributed by atoms with Gasteiger partial charge < -0.3 is 5.32 Å². The van der Waals surface area contributed by atoms with E-state index < -0.39 is 17.7 Å². The Hall–Kier alpha value is -2.68. The van der Waals surface area contributed by atoms with Gasteiger partial charge in [-0.15, -0.1) is 0 Å². The molecule has 6 heteroatoms. The number of imide groups is 1. The Balaban J connectivity index is 2.38. The van der Waals surface area contributed by atoms with Crippen LogP contribution in [0, 0.1) is 11.3 Å². The Labute approximate surface area is 96.2 Å². The monoisotopic (exact) mass is 229 g/mol. The van der Waals surface area contributed by atoms with Crippen molar-refractivity contribution in [3.8, 4) is 6.07 Å². The van der Waals surface area contributed by atoms with Gasteiger partial charge in [0.15, 0.2) is 0 Å². The SMILES string of the molecule is N#CCC(=O)Nc1cccc2c1C(=O)NC2=O. The number of carbonyl (C=O) groups excluding carboxylic acids is 3. The van der Waals surface area contributed by atoms with Crippen LogP contribution < -0.4 is 10.6 Å².